The zero-order valence-corrected chi connectivity index (χ0v) is 9.48. The highest BCUT2D eigenvalue weighted by atomic mass is 15.1. The number of hydrogen-bond donors (Lipinski definition) is 1. The molecule has 0 aromatic heterocycles. The number of azide groups is 1. The van der Waals surface area contributed by atoms with Gasteiger partial charge in [-0.3, -0.25) is 0 Å². The molecule has 5 nitrogen and oxygen atoms in total. The van der Waals surface area contributed by atoms with Crippen LogP contribution in [0.2, 0.25) is 0 Å². The van der Waals surface area contributed by atoms with Gasteiger partial charge in [-0.25, -0.2) is 0 Å². The maximum Gasteiger partial charge on any atom is 0.0978 e. The van der Waals surface area contributed by atoms with Crippen LogP contribution >= 0.6 is 0 Å². The van der Waals surface area contributed by atoms with Gasteiger partial charge in [0.1, 0.15) is 0 Å². The molecule has 0 saturated heterocycles. The van der Waals surface area contributed by atoms with Crippen molar-refractivity contribution in [3.8, 4) is 6.07 Å². The topological polar surface area (TPSA) is 84.6 Å². The minimum atomic E-state index is -0.0870. The summed E-state index contributed by atoms with van der Waals surface area (Å²) in [5.74, 6) is 0.375. The zero-order valence-electron chi connectivity index (χ0n) is 9.48. The van der Waals surface area contributed by atoms with Crippen molar-refractivity contribution < 1.29 is 0 Å². The van der Waals surface area contributed by atoms with Crippen molar-refractivity contribution in [3.63, 3.8) is 0 Å². The molecule has 0 heterocycles. The normalized spacial score (nSPS) is 13.7. The lowest BCUT2D eigenvalue weighted by Gasteiger charge is -2.17. The molecule has 1 N–H and O–H groups in total. The van der Waals surface area contributed by atoms with Crippen LogP contribution in [0.1, 0.15) is 33.1 Å². The number of nitriles is 1. The highest BCUT2D eigenvalue weighted by Crippen LogP contribution is 2.09. The lowest BCUT2D eigenvalue weighted by Crippen LogP contribution is -2.34. The van der Waals surface area contributed by atoms with E-state index in [1.807, 2.05) is 0 Å². The second-order valence-electron chi connectivity index (χ2n) is 3.63. The third-order valence-corrected chi connectivity index (χ3v) is 2.31. The molecule has 5 heteroatoms. The fourth-order valence-corrected chi connectivity index (χ4v) is 1.45. The van der Waals surface area contributed by atoms with E-state index in [1.165, 1.54) is 0 Å². The number of rotatable bonds is 8. The van der Waals surface area contributed by atoms with Crippen LogP contribution in [0.5, 0.6) is 0 Å². The first-order valence-electron chi connectivity index (χ1n) is 5.40. The molecule has 0 spiro atoms. The maximum atomic E-state index is 8.93. The monoisotopic (exact) mass is 209 g/mol. The second kappa shape index (κ2) is 9.32. The van der Waals surface area contributed by atoms with Gasteiger partial charge >= 0.3 is 0 Å². The van der Waals surface area contributed by atoms with Crippen LogP contribution in [-0.2, 0) is 0 Å². The van der Waals surface area contributed by atoms with Gasteiger partial charge in [-0.05, 0) is 30.8 Å². The Hall–Kier alpha value is -1.24. The van der Waals surface area contributed by atoms with E-state index < -0.39 is 0 Å². The molecule has 0 rings (SSSR count). The number of nitrogens with zero attached hydrogens (tertiary/aromatic N) is 4. The van der Waals surface area contributed by atoms with Crippen molar-refractivity contribution in [1.82, 2.24) is 5.32 Å². The van der Waals surface area contributed by atoms with Gasteiger partial charge in [-0.1, -0.05) is 25.4 Å². The van der Waals surface area contributed by atoms with E-state index in [0.29, 0.717) is 12.5 Å². The first kappa shape index (κ1) is 13.8. The Labute approximate surface area is 91.1 Å². The lowest BCUT2D eigenvalue weighted by molar-refractivity contribution is 0.412. The van der Waals surface area contributed by atoms with Gasteiger partial charge in [-0.2, -0.15) is 5.26 Å². The molecule has 0 aliphatic heterocycles. The van der Waals surface area contributed by atoms with Crippen molar-refractivity contribution in [2.75, 3.05) is 13.1 Å². The van der Waals surface area contributed by atoms with Crippen molar-refractivity contribution in [1.29, 1.82) is 5.26 Å². The first-order chi connectivity index (χ1) is 7.26. The second-order valence-corrected chi connectivity index (χ2v) is 3.63. The van der Waals surface area contributed by atoms with E-state index in [4.69, 9.17) is 10.8 Å². The molecule has 0 fully saturated rings. The molecular formula is C10H19N5. The SMILES string of the molecule is CCCC(C)C(C#N)NCCCN=[N+]=[N-]. The van der Waals surface area contributed by atoms with Crippen molar-refractivity contribution in [2.45, 2.75) is 39.2 Å². The Balaban J connectivity index is 3.71. The minimum Gasteiger partial charge on any atom is -0.302 e. The van der Waals surface area contributed by atoms with Crippen molar-refractivity contribution in [3.05, 3.63) is 10.4 Å². The summed E-state index contributed by atoms with van der Waals surface area (Å²) in [6.07, 6.45) is 2.93. The predicted octanol–water partition coefficient (Wildman–Crippen LogP) is 2.60. The Morgan fingerprint density at radius 2 is 2.33 bits per heavy atom. The van der Waals surface area contributed by atoms with Crippen molar-refractivity contribution in [2.24, 2.45) is 11.0 Å². The molecule has 15 heavy (non-hydrogen) atoms. The van der Waals surface area contributed by atoms with E-state index in [9.17, 15) is 0 Å². The molecule has 2 unspecified atom stereocenters. The summed E-state index contributed by atoms with van der Waals surface area (Å²) in [5.41, 5.74) is 8.06. The molecule has 0 amide bonds. The molecule has 0 bridgehead atoms. The van der Waals surface area contributed by atoms with Crippen molar-refractivity contribution >= 4 is 0 Å². The Bertz CT molecular complexity index is 239. The standard InChI is InChI=1S/C10H19N5/c1-3-5-9(2)10(8-11)13-6-4-7-14-15-12/h9-10,13H,3-7H2,1-2H3. The molecule has 0 aromatic carbocycles. The van der Waals surface area contributed by atoms with Gasteiger partial charge < -0.3 is 5.32 Å². The van der Waals surface area contributed by atoms with Gasteiger partial charge in [0.05, 0.1) is 12.1 Å². The molecular weight excluding hydrogens is 190 g/mol. The molecule has 0 aliphatic rings. The summed E-state index contributed by atoms with van der Waals surface area (Å²) in [4.78, 5) is 2.67. The minimum absolute atomic E-state index is 0.0870. The van der Waals surface area contributed by atoms with E-state index in [1.54, 1.807) is 0 Å². The number of hydrogen-bond acceptors (Lipinski definition) is 3. The van der Waals surface area contributed by atoms with E-state index >= 15 is 0 Å². The third-order valence-electron chi connectivity index (χ3n) is 2.31. The molecule has 0 aliphatic carbocycles. The van der Waals surface area contributed by atoms with E-state index in [-0.39, 0.29) is 6.04 Å². The molecule has 84 valence electrons. The fourth-order valence-electron chi connectivity index (χ4n) is 1.45. The largest absolute Gasteiger partial charge is 0.302 e. The average molecular weight is 209 g/mol. The van der Waals surface area contributed by atoms with Gasteiger partial charge in [-0.15, -0.1) is 0 Å². The molecule has 0 saturated carbocycles. The molecule has 0 aromatic rings. The highest BCUT2D eigenvalue weighted by Gasteiger charge is 2.14. The summed E-state index contributed by atoms with van der Waals surface area (Å²) < 4.78 is 0. The Morgan fingerprint density at radius 1 is 1.60 bits per heavy atom. The summed E-state index contributed by atoms with van der Waals surface area (Å²) in [7, 11) is 0. The van der Waals surface area contributed by atoms with E-state index in [0.717, 1.165) is 25.8 Å². The highest BCUT2D eigenvalue weighted by molar-refractivity contribution is 4.93. The lowest BCUT2D eigenvalue weighted by atomic mass is 9.98. The van der Waals surface area contributed by atoms with Gasteiger partial charge in [0.15, 0.2) is 0 Å². The smallest absolute Gasteiger partial charge is 0.0978 e. The Kier molecular flexibility index (Phi) is 8.55. The fraction of sp³-hybridized carbons (Fsp3) is 0.900. The van der Waals surface area contributed by atoms with Crippen LogP contribution in [0.15, 0.2) is 5.11 Å². The van der Waals surface area contributed by atoms with E-state index in [2.05, 4.69) is 35.3 Å². The Morgan fingerprint density at radius 3 is 2.87 bits per heavy atom. The third kappa shape index (κ3) is 6.78. The predicted molar refractivity (Wildman–Crippen MR) is 60.1 cm³/mol. The molecule has 2 atom stereocenters. The summed E-state index contributed by atoms with van der Waals surface area (Å²) >= 11 is 0. The van der Waals surface area contributed by atoms with Crippen LogP contribution in [-0.4, -0.2) is 19.1 Å². The first-order valence-corrected chi connectivity index (χ1v) is 5.40. The summed E-state index contributed by atoms with van der Waals surface area (Å²) in [6, 6.07) is 2.18. The van der Waals surface area contributed by atoms with Crippen LogP contribution in [0, 0.1) is 17.2 Å². The maximum absolute atomic E-state index is 8.93. The van der Waals surface area contributed by atoms with Gasteiger partial charge in [0.2, 0.25) is 0 Å². The van der Waals surface area contributed by atoms with Gasteiger partial charge in [0, 0.05) is 11.5 Å². The van der Waals surface area contributed by atoms with Crippen LogP contribution < -0.4 is 5.32 Å². The van der Waals surface area contributed by atoms with Crippen LogP contribution in [0.4, 0.5) is 0 Å². The zero-order chi connectivity index (χ0) is 11.5. The summed E-state index contributed by atoms with van der Waals surface area (Å²) in [6.45, 7) is 5.42. The number of nitrogens with one attached hydrogen (secondary N) is 1. The summed E-state index contributed by atoms with van der Waals surface area (Å²) in [5, 5.41) is 15.5. The average Bonchev–Trinajstić information content (AvgIpc) is 2.23. The quantitative estimate of drug-likeness (QED) is 0.288. The van der Waals surface area contributed by atoms with Crippen LogP contribution in [0.25, 0.3) is 10.4 Å². The van der Waals surface area contributed by atoms with Crippen LogP contribution in [0.3, 0.4) is 0 Å². The van der Waals surface area contributed by atoms with Gasteiger partial charge in [0.25, 0.3) is 0 Å². The molecule has 0 radical (unpaired) electrons.